The molecule has 6 nitrogen and oxygen atoms in total. The predicted octanol–water partition coefficient (Wildman–Crippen LogP) is 2.59. The number of ether oxygens (including phenoxy) is 2. The molecule has 1 saturated heterocycles. The van der Waals surface area contributed by atoms with E-state index in [1.165, 1.54) is 10.4 Å². The molecule has 0 aromatic carbocycles. The first-order valence-corrected chi connectivity index (χ1v) is 10.1. The van der Waals surface area contributed by atoms with Gasteiger partial charge in [-0.2, -0.15) is 0 Å². The van der Waals surface area contributed by atoms with E-state index in [1.807, 2.05) is 17.0 Å². The maximum absolute atomic E-state index is 12.1. The second kappa shape index (κ2) is 7.58. The van der Waals surface area contributed by atoms with Crippen LogP contribution in [-0.2, 0) is 21.6 Å². The van der Waals surface area contributed by atoms with Crippen molar-refractivity contribution in [3.05, 3.63) is 34.8 Å². The van der Waals surface area contributed by atoms with Crippen LogP contribution in [0.5, 0.6) is 5.75 Å². The Bertz CT molecular complexity index is 810. The highest BCUT2D eigenvalue weighted by Gasteiger charge is 2.42. The Balaban J connectivity index is 1.57. The lowest BCUT2D eigenvalue weighted by molar-refractivity contribution is -0.141. The van der Waals surface area contributed by atoms with E-state index in [4.69, 9.17) is 14.6 Å². The zero-order valence-corrected chi connectivity index (χ0v) is 16.3. The molecule has 0 saturated carbocycles. The van der Waals surface area contributed by atoms with Gasteiger partial charge in [-0.3, -0.25) is 9.78 Å². The molecule has 2 aromatic heterocycles. The van der Waals surface area contributed by atoms with Gasteiger partial charge in [0.25, 0.3) is 0 Å². The maximum Gasteiger partial charge on any atom is 0.224 e. The number of amides is 1. The van der Waals surface area contributed by atoms with Gasteiger partial charge in [0.1, 0.15) is 5.75 Å². The van der Waals surface area contributed by atoms with Crippen molar-refractivity contribution in [3.8, 4) is 16.3 Å². The molecule has 2 aliphatic rings. The molecule has 27 heavy (non-hydrogen) atoms. The number of nitrogens with zero attached hydrogens (tertiary/aromatic N) is 2. The van der Waals surface area contributed by atoms with Gasteiger partial charge in [-0.1, -0.05) is 0 Å². The zero-order valence-electron chi connectivity index (χ0n) is 15.4. The number of likely N-dealkylation sites (tertiary alicyclic amines) is 1. The van der Waals surface area contributed by atoms with Crippen molar-refractivity contribution in [2.75, 3.05) is 33.4 Å². The number of hydrogen-bond acceptors (Lipinski definition) is 6. The summed E-state index contributed by atoms with van der Waals surface area (Å²) in [7, 11) is 1.64. The van der Waals surface area contributed by atoms with Crippen molar-refractivity contribution in [3.63, 3.8) is 0 Å². The van der Waals surface area contributed by atoms with Gasteiger partial charge in [-0.15, -0.1) is 11.3 Å². The smallest absolute Gasteiger partial charge is 0.224 e. The number of rotatable bonds is 4. The molecule has 0 atom stereocenters. The third-order valence-corrected chi connectivity index (χ3v) is 6.70. The van der Waals surface area contributed by atoms with E-state index in [9.17, 15) is 4.79 Å². The number of carbonyl (C=O) groups is 1. The molecule has 0 bridgehead atoms. The number of aliphatic hydroxyl groups excluding tert-OH is 1. The zero-order chi connectivity index (χ0) is 18.9. The number of carbonyl (C=O) groups excluding carboxylic acids is 1. The van der Waals surface area contributed by atoms with Crippen LogP contribution in [0.1, 0.15) is 29.7 Å². The van der Waals surface area contributed by atoms with Crippen LogP contribution in [-0.4, -0.2) is 54.3 Å². The molecule has 0 unspecified atom stereocenters. The first-order valence-electron chi connectivity index (χ1n) is 9.31. The van der Waals surface area contributed by atoms with E-state index in [2.05, 4.69) is 11.1 Å². The number of piperidine rings is 1. The second-order valence-electron chi connectivity index (χ2n) is 6.98. The Morgan fingerprint density at radius 3 is 2.89 bits per heavy atom. The lowest BCUT2D eigenvalue weighted by Crippen LogP contribution is -2.48. The van der Waals surface area contributed by atoms with Crippen molar-refractivity contribution < 1.29 is 19.4 Å². The van der Waals surface area contributed by atoms with E-state index in [0.717, 1.165) is 35.6 Å². The number of fused-ring (bicyclic) bond motifs is 2. The normalized spacial score (nSPS) is 18.4. The van der Waals surface area contributed by atoms with Gasteiger partial charge in [0.15, 0.2) is 0 Å². The Kier molecular flexibility index (Phi) is 5.16. The molecule has 1 N–H and O–H groups in total. The van der Waals surface area contributed by atoms with Gasteiger partial charge in [0.05, 0.1) is 42.7 Å². The third kappa shape index (κ3) is 3.47. The van der Waals surface area contributed by atoms with Gasteiger partial charge in [-0.05, 0) is 36.6 Å². The van der Waals surface area contributed by atoms with Gasteiger partial charge >= 0.3 is 0 Å². The minimum atomic E-state index is -0.301. The highest BCUT2D eigenvalue weighted by molar-refractivity contribution is 7.15. The molecule has 7 heteroatoms. The molecular formula is C20H24N2O4S. The van der Waals surface area contributed by atoms with Crippen molar-refractivity contribution in [1.82, 2.24) is 9.88 Å². The summed E-state index contributed by atoms with van der Waals surface area (Å²) < 4.78 is 11.5. The second-order valence-corrected chi connectivity index (χ2v) is 8.11. The predicted molar refractivity (Wildman–Crippen MR) is 103 cm³/mol. The molecule has 1 amide bonds. The van der Waals surface area contributed by atoms with Crippen molar-refractivity contribution >= 4 is 17.2 Å². The minimum Gasteiger partial charge on any atom is -0.495 e. The average Bonchev–Trinajstić information content (AvgIpc) is 3.15. The summed E-state index contributed by atoms with van der Waals surface area (Å²) in [4.78, 5) is 20.9. The molecule has 4 heterocycles. The number of methoxy groups -OCH3 is 1. The summed E-state index contributed by atoms with van der Waals surface area (Å²) >= 11 is 1.79. The van der Waals surface area contributed by atoms with E-state index in [-0.39, 0.29) is 24.5 Å². The number of thiophene rings is 1. The largest absolute Gasteiger partial charge is 0.495 e. The monoisotopic (exact) mass is 388 g/mol. The lowest BCUT2D eigenvalue weighted by atomic mass is 9.82. The summed E-state index contributed by atoms with van der Waals surface area (Å²) in [6, 6.07) is 6.14. The van der Waals surface area contributed by atoms with E-state index in [1.54, 1.807) is 24.6 Å². The topological polar surface area (TPSA) is 71.9 Å². The van der Waals surface area contributed by atoms with Crippen LogP contribution in [0.3, 0.4) is 0 Å². The first kappa shape index (κ1) is 18.4. The molecule has 0 aliphatic carbocycles. The van der Waals surface area contributed by atoms with Crippen LogP contribution in [0.15, 0.2) is 24.4 Å². The van der Waals surface area contributed by atoms with Crippen LogP contribution in [0.4, 0.5) is 0 Å². The van der Waals surface area contributed by atoms with E-state index >= 15 is 0 Å². The van der Waals surface area contributed by atoms with Gasteiger partial charge < -0.3 is 19.5 Å². The third-order valence-electron chi connectivity index (χ3n) is 5.48. The Morgan fingerprint density at radius 1 is 1.41 bits per heavy atom. The van der Waals surface area contributed by atoms with E-state index < -0.39 is 0 Å². The lowest BCUT2D eigenvalue weighted by Gasteiger charge is -2.44. The molecule has 1 fully saturated rings. The molecule has 4 rings (SSSR count). The van der Waals surface area contributed by atoms with Gasteiger partial charge in [-0.25, -0.2) is 0 Å². The molecule has 0 radical (unpaired) electrons. The van der Waals surface area contributed by atoms with Crippen molar-refractivity contribution in [2.45, 2.75) is 31.3 Å². The summed E-state index contributed by atoms with van der Waals surface area (Å²) in [5.74, 6) is 0.775. The van der Waals surface area contributed by atoms with Crippen LogP contribution in [0.2, 0.25) is 0 Å². The average molecular weight is 388 g/mol. The highest BCUT2D eigenvalue weighted by Crippen LogP contribution is 2.46. The standard InChI is InChI=1S/C20H24N2O4S/c1-25-14-2-3-16(21-13-14)18-12-15-17(27-18)5-11-26-20(15)6-8-22(9-7-20)19(24)4-10-23/h2-3,12-13,23H,4-11H2,1H3. The summed E-state index contributed by atoms with van der Waals surface area (Å²) in [5.41, 5.74) is 1.91. The molecule has 2 aliphatic heterocycles. The SMILES string of the molecule is COc1ccc(-c2cc3c(s2)CCOC32CCN(C(=O)CCO)CC2)nc1. The Hall–Kier alpha value is -1.96. The fourth-order valence-electron chi connectivity index (χ4n) is 3.97. The molecule has 144 valence electrons. The summed E-state index contributed by atoms with van der Waals surface area (Å²) in [6.45, 7) is 1.96. The van der Waals surface area contributed by atoms with Gasteiger partial charge in [0.2, 0.25) is 5.91 Å². The minimum absolute atomic E-state index is 0.0248. The van der Waals surface area contributed by atoms with Crippen LogP contribution in [0.25, 0.3) is 10.6 Å². The number of aliphatic hydroxyl groups is 1. The van der Waals surface area contributed by atoms with Gasteiger partial charge in [0, 0.05) is 30.8 Å². The maximum atomic E-state index is 12.1. The van der Waals surface area contributed by atoms with Crippen molar-refractivity contribution in [2.24, 2.45) is 0 Å². The highest BCUT2D eigenvalue weighted by atomic mass is 32.1. The Morgan fingerprint density at radius 2 is 2.22 bits per heavy atom. The van der Waals surface area contributed by atoms with Crippen LogP contribution in [0, 0.1) is 0 Å². The fraction of sp³-hybridized carbons (Fsp3) is 0.500. The molecule has 2 aromatic rings. The van der Waals surface area contributed by atoms with Crippen LogP contribution < -0.4 is 4.74 Å². The number of hydrogen-bond donors (Lipinski definition) is 1. The molecular weight excluding hydrogens is 364 g/mol. The molecule has 1 spiro atoms. The first-order chi connectivity index (χ1) is 13.1. The van der Waals surface area contributed by atoms with Crippen molar-refractivity contribution in [1.29, 1.82) is 0 Å². The summed E-state index contributed by atoms with van der Waals surface area (Å²) in [5, 5.41) is 9.00. The van der Waals surface area contributed by atoms with Crippen LogP contribution >= 0.6 is 11.3 Å². The quantitative estimate of drug-likeness (QED) is 0.872. The van der Waals surface area contributed by atoms with E-state index in [0.29, 0.717) is 19.7 Å². The Labute approximate surface area is 162 Å². The number of pyridine rings is 1. The fourth-order valence-corrected chi connectivity index (χ4v) is 5.18. The number of aromatic nitrogens is 1. The summed E-state index contributed by atoms with van der Waals surface area (Å²) in [6.07, 6.45) is 4.45.